The van der Waals surface area contributed by atoms with E-state index >= 15 is 0 Å². The van der Waals surface area contributed by atoms with Crippen LogP contribution in [0.5, 0.6) is 11.6 Å². The maximum absolute atomic E-state index is 6.02. The van der Waals surface area contributed by atoms with E-state index in [9.17, 15) is 0 Å². The number of pyridine rings is 2. The number of ether oxygens (including phenoxy) is 2. The van der Waals surface area contributed by atoms with Crippen molar-refractivity contribution in [2.75, 3.05) is 13.7 Å². The second-order valence-electron chi connectivity index (χ2n) is 6.91. The first-order valence-corrected chi connectivity index (χ1v) is 8.69. The zero-order valence-corrected chi connectivity index (χ0v) is 15.4. The van der Waals surface area contributed by atoms with Crippen LogP contribution in [0, 0.1) is 13.8 Å². The first-order valence-electron chi connectivity index (χ1n) is 8.69. The summed E-state index contributed by atoms with van der Waals surface area (Å²) in [6.45, 7) is 9.96. The zero-order valence-electron chi connectivity index (χ0n) is 15.4. The lowest BCUT2D eigenvalue weighted by Crippen LogP contribution is -2.15. The maximum atomic E-state index is 6.02. The highest BCUT2D eigenvalue weighted by Crippen LogP contribution is 2.40. The minimum atomic E-state index is 0.347. The minimum Gasteiger partial charge on any atom is -0.489 e. The fourth-order valence-corrected chi connectivity index (χ4v) is 3.52. The molecule has 4 rings (SSSR count). The van der Waals surface area contributed by atoms with Gasteiger partial charge in [-0.2, -0.15) is 0 Å². The van der Waals surface area contributed by atoms with Crippen molar-refractivity contribution in [1.82, 2.24) is 14.5 Å². The Morgan fingerprint density at radius 3 is 2.72 bits per heavy atom. The van der Waals surface area contributed by atoms with Crippen LogP contribution in [0.1, 0.15) is 36.6 Å². The molecule has 1 aliphatic rings. The van der Waals surface area contributed by atoms with E-state index < -0.39 is 0 Å². The highest BCUT2D eigenvalue weighted by atomic mass is 16.5. The fraction of sp³-hybridized carbons (Fsp3) is 0.400. The van der Waals surface area contributed by atoms with Crippen molar-refractivity contribution in [3.05, 3.63) is 35.2 Å². The molecule has 0 unspecified atom stereocenters. The molecule has 4 heterocycles. The summed E-state index contributed by atoms with van der Waals surface area (Å²) >= 11 is 0. The van der Waals surface area contributed by atoms with Crippen molar-refractivity contribution in [1.29, 1.82) is 0 Å². The molecule has 130 valence electrons. The summed E-state index contributed by atoms with van der Waals surface area (Å²) in [7, 11) is 1.66. The van der Waals surface area contributed by atoms with Crippen molar-refractivity contribution < 1.29 is 9.47 Å². The van der Waals surface area contributed by atoms with Crippen molar-refractivity contribution in [3.8, 4) is 22.9 Å². The van der Waals surface area contributed by atoms with E-state index in [4.69, 9.17) is 14.5 Å². The van der Waals surface area contributed by atoms with Crippen LogP contribution in [0.3, 0.4) is 0 Å². The summed E-state index contributed by atoms with van der Waals surface area (Å²) < 4.78 is 13.8. The molecule has 0 saturated heterocycles. The number of rotatable bonds is 3. The molecule has 3 aromatic heterocycles. The SMILES string of the molecule is COc1nc(C(C)C)ccc1-c1nc2c(C)cn3c2c(c1C)OCC3. The van der Waals surface area contributed by atoms with E-state index in [0.717, 1.165) is 51.4 Å². The molecule has 0 atom stereocenters. The monoisotopic (exact) mass is 337 g/mol. The van der Waals surface area contributed by atoms with E-state index in [2.05, 4.69) is 55.6 Å². The van der Waals surface area contributed by atoms with Gasteiger partial charge in [-0.05, 0) is 37.5 Å². The summed E-state index contributed by atoms with van der Waals surface area (Å²) in [5, 5.41) is 0. The Morgan fingerprint density at radius 2 is 2.00 bits per heavy atom. The van der Waals surface area contributed by atoms with E-state index in [1.54, 1.807) is 7.11 Å². The molecule has 1 aliphatic heterocycles. The van der Waals surface area contributed by atoms with Crippen LogP contribution in [0.25, 0.3) is 22.3 Å². The van der Waals surface area contributed by atoms with Crippen molar-refractivity contribution >= 4 is 11.0 Å². The van der Waals surface area contributed by atoms with Gasteiger partial charge in [0.05, 0.1) is 30.4 Å². The van der Waals surface area contributed by atoms with Gasteiger partial charge in [0.25, 0.3) is 0 Å². The summed E-state index contributed by atoms with van der Waals surface area (Å²) in [5.74, 6) is 1.89. The Balaban J connectivity index is 1.99. The van der Waals surface area contributed by atoms with Crippen LogP contribution in [-0.4, -0.2) is 28.3 Å². The average molecular weight is 337 g/mol. The summed E-state index contributed by atoms with van der Waals surface area (Å²) in [6.07, 6.45) is 2.16. The lowest BCUT2D eigenvalue weighted by molar-refractivity contribution is 0.285. The average Bonchev–Trinajstić information content (AvgIpc) is 2.93. The second-order valence-corrected chi connectivity index (χ2v) is 6.91. The number of hydrogen-bond donors (Lipinski definition) is 0. The first kappa shape index (κ1) is 15.9. The van der Waals surface area contributed by atoms with Crippen LogP contribution in [0.15, 0.2) is 18.3 Å². The minimum absolute atomic E-state index is 0.347. The molecule has 0 fully saturated rings. The normalized spacial score (nSPS) is 13.4. The molecule has 25 heavy (non-hydrogen) atoms. The highest BCUT2D eigenvalue weighted by molar-refractivity contribution is 5.91. The van der Waals surface area contributed by atoms with E-state index in [1.165, 1.54) is 0 Å². The Hall–Kier alpha value is -2.56. The number of methoxy groups -OCH3 is 1. The molecule has 0 aliphatic carbocycles. The Labute approximate surface area is 147 Å². The molecule has 0 aromatic carbocycles. The smallest absolute Gasteiger partial charge is 0.222 e. The van der Waals surface area contributed by atoms with E-state index in [1.807, 2.05) is 0 Å². The molecule has 3 aromatic rings. The topological polar surface area (TPSA) is 49.2 Å². The zero-order chi connectivity index (χ0) is 17.7. The van der Waals surface area contributed by atoms with Gasteiger partial charge in [0.15, 0.2) is 0 Å². The number of hydrogen-bond acceptors (Lipinski definition) is 4. The summed E-state index contributed by atoms with van der Waals surface area (Å²) in [5.41, 5.74) is 7.08. The molecule has 0 amide bonds. The molecular weight excluding hydrogens is 314 g/mol. The maximum Gasteiger partial charge on any atom is 0.222 e. The van der Waals surface area contributed by atoms with Crippen LogP contribution < -0.4 is 9.47 Å². The van der Waals surface area contributed by atoms with Gasteiger partial charge >= 0.3 is 0 Å². The van der Waals surface area contributed by atoms with Crippen LogP contribution in [0.2, 0.25) is 0 Å². The van der Waals surface area contributed by atoms with Crippen LogP contribution >= 0.6 is 0 Å². The quantitative estimate of drug-likeness (QED) is 0.717. The number of aryl methyl sites for hydroxylation is 1. The third kappa shape index (κ3) is 2.37. The molecule has 5 heteroatoms. The molecule has 5 nitrogen and oxygen atoms in total. The summed E-state index contributed by atoms with van der Waals surface area (Å²) in [4.78, 5) is 9.65. The standard InChI is InChI=1S/C20H23N3O2/c1-11(2)15-7-6-14(20(21-15)24-5)17-13(4)19-18-16(22-17)12(3)10-23(18)8-9-25-19/h6-7,10-11H,8-9H2,1-5H3. The first-order chi connectivity index (χ1) is 12.0. The third-order valence-electron chi connectivity index (χ3n) is 4.87. The van der Waals surface area contributed by atoms with Gasteiger partial charge in [0.2, 0.25) is 5.88 Å². The Bertz CT molecular complexity index is 973. The fourth-order valence-electron chi connectivity index (χ4n) is 3.52. The van der Waals surface area contributed by atoms with Crippen molar-refractivity contribution in [2.45, 2.75) is 40.2 Å². The van der Waals surface area contributed by atoms with Gasteiger partial charge < -0.3 is 14.0 Å². The second kappa shape index (κ2) is 5.76. The van der Waals surface area contributed by atoms with Gasteiger partial charge in [-0.1, -0.05) is 13.8 Å². The lowest BCUT2D eigenvalue weighted by Gasteiger charge is -2.21. The highest BCUT2D eigenvalue weighted by Gasteiger charge is 2.24. The molecule has 0 spiro atoms. The lowest BCUT2D eigenvalue weighted by atomic mass is 10.0. The number of nitrogens with zero attached hydrogens (tertiary/aromatic N) is 3. The van der Waals surface area contributed by atoms with E-state index in [0.29, 0.717) is 18.4 Å². The van der Waals surface area contributed by atoms with Gasteiger partial charge in [-0.15, -0.1) is 0 Å². The summed E-state index contributed by atoms with van der Waals surface area (Å²) in [6, 6.07) is 4.11. The van der Waals surface area contributed by atoms with Gasteiger partial charge in [-0.3, -0.25) is 0 Å². The largest absolute Gasteiger partial charge is 0.489 e. The van der Waals surface area contributed by atoms with Gasteiger partial charge in [0.1, 0.15) is 17.9 Å². The molecule has 0 N–H and O–H groups in total. The van der Waals surface area contributed by atoms with Crippen molar-refractivity contribution in [2.24, 2.45) is 0 Å². The third-order valence-corrected chi connectivity index (χ3v) is 4.87. The Kier molecular flexibility index (Phi) is 3.67. The molecule has 0 saturated carbocycles. The van der Waals surface area contributed by atoms with E-state index in [-0.39, 0.29) is 0 Å². The van der Waals surface area contributed by atoms with Crippen LogP contribution in [0.4, 0.5) is 0 Å². The molecule has 0 radical (unpaired) electrons. The Morgan fingerprint density at radius 1 is 1.20 bits per heavy atom. The van der Waals surface area contributed by atoms with Gasteiger partial charge in [-0.25, -0.2) is 9.97 Å². The predicted octanol–water partition coefficient (Wildman–Crippen LogP) is 4.24. The van der Waals surface area contributed by atoms with Crippen molar-refractivity contribution in [3.63, 3.8) is 0 Å². The molecular formula is C20H23N3O2. The predicted molar refractivity (Wildman–Crippen MR) is 98.6 cm³/mol. The van der Waals surface area contributed by atoms with Gasteiger partial charge in [0, 0.05) is 17.5 Å². The van der Waals surface area contributed by atoms with Crippen LogP contribution in [-0.2, 0) is 6.54 Å². The molecule has 0 bridgehead atoms. The number of aromatic nitrogens is 3.